The lowest BCUT2D eigenvalue weighted by Crippen LogP contribution is -2.34. The van der Waals surface area contributed by atoms with Crippen molar-refractivity contribution in [2.75, 3.05) is 14.2 Å². The third-order valence-corrected chi connectivity index (χ3v) is 3.68. The lowest BCUT2D eigenvalue weighted by molar-refractivity contribution is -0.176. The van der Waals surface area contributed by atoms with Crippen LogP contribution in [0.25, 0.3) is 0 Å². The number of unbranched alkanes of at least 4 members (excludes halogenated alkanes) is 3. The zero-order chi connectivity index (χ0) is 20.8. The van der Waals surface area contributed by atoms with Crippen LogP contribution in [0.15, 0.2) is 0 Å². The number of carbonyl (C=O) groups is 4. The summed E-state index contributed by atoms with van der Waals surface area (Å²) in [4.78, 5) is 45.2. The fraction of sp³-hybridized carbons (Fsp3) is 0.765. The van der Waals surface area contributed by atoms with E-state index < -0.39 is 42.6 Å². The first kappa shape index (κ1) is 24.5. The maximum Gasteiger partial charge on any atom is 0.511 e. The number of carboxylic acids is 1. The lowest BCUT2D eigenvalue weighted by atomic mass is 9.95. The molecule has 0 fully saturated rings. The minimum Gasteiger partial charge on any atom is -0.481 e. The molecule has 0 saturated heterocycles. The predicted molar refractivity (Wildman–Crippen MR) is 90.8 cm³/mol. The first-order valence-corrected chi connectivity index (χ1v) is 8.62. The minimum atomic E-state index is -1.17. The second-order valence-electron chi connectivity index (χ2n) is 5.81. The second kappa shape index (κ2) is 13.7. The maximum absolute atomic E-state index is 12.4. The summed E-state index contributed by atoms with van der Waals surface area (Å²) < 4.78 is 23.5. The minimum absolute atomic E-state index is 0.0930. The van der Waals surface area contributed by atoms with E-state index >= 15 is 0 Å². The molecule has 0 rings (SSSR count). The molecule has 0 radical (unpaired) electrons. The maximum atomic E-state index is 12.4. The van der Waals surface area contributed by atoms with Crippen molar-refractivity contribution in [1.82, 2.24) is 0 Å². The molecule has 3 unspecified atom stereocenters. The van der Waals surface area contributed by atoms with Gasteiger partial charge in [0, 0.05) is 13.3 Å². The summed E-state index contributed by atoms with van der Waals surface area (Å²) in [5.74, 6) is -2.35. The van der Waals surface area contributed by atoms with E-state index in [1.165, 1.54) is 13.8 Å². The molecule has 10 nitrogen and oxygen atoms in total. The largest absolute Gasteiger partial charge is 0.511 e. The zero-order valence-electron chi connectivity index (χ0n) is 16.1. The number of methoxy groups -OCH3 is 2. The van der Waals surface area contributed by atoms with Crippen molar-refractivity contribution in [2.45, 2.75) is 64.8 Å². The molecule has 1 N–H and O–H groups in total. The highest BCUT2D eigenvalue weighted by Gasteiger charge is 2.31. The van der Waals surface area contributed by atoms with Gasteiger partial charge in [-0.15, -0.1) is 0 Å². The third kappa shape index (κ3) is 11.7. The number of hydrogen-bond acceptors (Lipinski definition) is 9. The standard InChI is InChI=1S/C17H28O10/c1-11(25-16(21)23-3)13(9-7-5-6-8-10-14(18)19)15(20)26-12(2)27-17(22)24-4/h11-13H,5-10H2,1-4H3,(H,18,19). The van der Waals surface area contributed by atoms with Crippen LogP contribution >= 0.6 is 0 Å². The van der Waals surface area contributed by atoms with E-state index in [9.17, 15) is 19.2 Å². The molecule has 0 aromatic carbocycles. The van der Waals surface area contributed by atoms with Gasteiger partial charge in [-0.25, -0.2) is 9.59 Å². The van der Waals surface area contributed by atoms with E-state index in [0.29, 0.717) is 32.1 Å². The lowest BCUT2D eigenvalue weighted by Gasteiger charge is -2.23. The van der Waals surface area contributed by atoms with Crippen LogP contribution in [0.1, 0.15) is 52.4 Å². The summed E-state index contributed by atoms with van der Waals surface area (Å²) in [6, 6.07) is 0. The van der Waals surface area contributed by atoms with Crippen LogP contribution in [0, 0.1) is 5.92 Å². The Morgan fingerprint density at radius 3 is 1.93 bits per heavy atom. The number of rotatable bonds is 12. The van der Waals surface area contributed by atoms with Gasteiger partial charge in [-0.3, -0.25) is 9.59 Å². The average Bonchev–Trinajstić information content (AvgIpc) is 2.59. The van der Waals surface area contributed by atoms with Gasteiger partial charge in [0.15, 0.2) is 0 Å². The molecule has 0 aliphatic heterocycles. The van der Waals surface area contributed by atoms with Crippen molar-refractivity contribution in [1.29, 1.82) is 0 Å². The summed E-state index contributed by atoms with van der Waals surface area (Å²) in [5, 5.41) is 8.61. The van der Waals surface area contributed by atoms with Gasteiger partial charge in [0.1, 0.15) is 6.10 Å². The molecule has 3 atom stereocenters. The smallest absolute Gasteiger partial charge is 0.481 e. The molecule has 0 bridgehead atoms. The molecule has 0 aliphatic rings. The molecular weight excluding hydrogens is 364 g/mol. The topological polar surface area (TPSA) is 135 Å². The molecule has 0 aromatic heterocycles. The number of aliphatic carboxylic acids is 1. The number of carbonyl (C=O) groups excluding carboxylic acids is 3. The highest BCUT2D eigenvalue weighted by molar-refractivity contribution is 5.74. The Morgan fingerprint density at radius 1 is 0.815 bits per heavy atom. The Balaban J connectivity index is 4.66. The van der Waals surface area contributed by atoms with Gasteiger partial charge in [-0.05, 0) is 19.8 Å². The Bertz CT molecular complexity index is 490. The third-order valence-electron chi connectivity index (χ3n) is 3.68. The number of carboxylic acid groups (broad SMARTS) is 1. The van der Waals surface area contributed by atoms with Crippen molar-refractivity contribution in [2.24, 2.45) is 5.92 Å². The Hall–Kier alpha value is -2.52. The summed E-state index contributed by atoms with van der Waals surface area (Å²) in [7, 11) is 2.27. The van der Waals surface area contributed by atoms with Crippen molar-refractivity contribution >= 4 is 24.2 Å². The van der Waals surface area contributed by atoms with E-state index in [1.54, 1.807) is 0 Å². The Labute approximate surface area is 158 Å². The SMILES string of the molecule is COC(=O)OC(C)OC(=O)C(CCCCCCC(=O)O)C(C)OC(=O)OC. The van der Waals surface area contributed by atoms with E-state index in [4.69, 9.17) is 19.3 Å². The van der Waals surface area contributed by atoms with Crippen molar-refractivity contribution < 1.29 is 48.0 Å². The number of ether oxygens (including phenoxy) is 5. The predicted octanol–water partition coefficient (Wildman–Crippen LogP) is 2.87. The molecule has 0 aromatic rings. The normalized spacial score (nSPS) is 13.6. The Kier molecular flexibility index (Phi) is 12.4. The number of esters is 1. The highest BCUT2D eigenvalue weighted by Crippen LogP contribution is 2.20. The zero-order valence-corrected chi connectivity index (χ0v) is 16.1. The van der Waals surface area contributed by atoms with Gasteiger partial charge < -0.3 is 28.8 Å². The molecule has 156 valence electrons. The van der Waals surface area contributed by atoms with E-state index in [1.807, 2.05) is 0 Å². The van der Waals surface area contributed by atoms with Crippen LogP contribution in [-0.4, -0.2) is 56.0 Å². The van der Waals surface area contributed by atoms with Crippen molar-refractivity contribution in [3.63, 3.8) is 0 Å². The van der Waals surface area contributed by atoms with Crippen LogP contribution in [0.2, 0.25) is 0 Å². The fourth-order valence-corrected chi connectivity index (χ4v) is 2.28. The van der Waals surface area contributed by atoms with E-state index in [2.05, 4.69) is 9.47 Å². The van der Waals surface area contributed by atoms with E-state index in [-0.39, 0.29) is 6.42 Å². The van der Waals surface area contributed by atoms with Crippen LogP contribution < -0.4 is 0 Å². The molecular formula is C17H28O10. The second-order valence-corrected chi connectivity index (χ2v) is 5.81. The molecule has 0 amide bonds. The molecule has 0 aliphatic carbocycles. The summed E-state index contributed by atoms with van der Waals surface area (Å²) in [6.45, 7) is 2.88. The molecule has 0 saturated carbocycles. The first-order chi connectivity index (χ1) is 12.7. The van der Waals surface area contributed by atoms with Crippen LogP contribution in [-0.2, 0) is 33.3 Å². The van der Waals surface area contributed by atoms with Gasteiger partial charge in [-0.2, -0.15) is 0 Å². The van der Waals surface area contributed by atoms with Gasteiger partial charge in [0.05, 0.1) is 20.1 Å². The highest BCUT2D eigenvalue weighted by atomic mass is 16.8. The summed E-state index contributed by atoms with van der Waals surface area (Å²) in [6.07, 6.45) is -0.945. The Morgan fingerprint density at radius 2 is 1.37 bits per heavy atom. The quantitative estimate of drug-likeness (QED) is 0.228. The number of hydrogen-bond donors (Lipinski definition) is 1. The van der Waals surface area contributed by atoms with Crippen LogP contribution in [0.4, 0.5) is 9.59 Å². The van der Waals surface area contributed by atoms with Crippen LogP contribution in [0.3, 0.4) is 0 Å². The van der Waals surface area contributed by atoms with Crippen LogP contribution in [0.5, 0.6) is 0 Å². The molecule has 0 spiro atoms. The fourth-order valence-electron chi connectivity index (χ4n) is 2.28. The van der Waals surface area contributed by atoms with Gasteiger partial charge in [-0.1, -0.05) is 19.3 Å². The van der Waals surface area contributed by atoms with E-state index in [0.717, 1.165) is 14.2 Å². The van der Waals surface area contributed by atoms with Gasteiger partial charge in [0.2, 0.25) is 6.29 Å². The first-order valence-electron chi connectivity index (χ1n) is 8.62. The van der Waals surface area contributed by atoms with Crippen molar-refractivity contribution in [3.05, 3.63) is 0 Å². The average molecular weight is 392 g/mol. The van der Waals surface area contributed by atoms with Gasteiger partial charge >= 0.3 is 24.2 Å². The molecule has 10 heteroatoms. The van der Waals surface area contributed by atoms with Gasteiger partial charge in [0.25, 0.3) is 0 Å². The van der Waals surface area contributed by atoms with Crippen molar-refractivity contribution in [3.8, 4) is 0 Å². The monoisotopic (exact) mass is 392 g/mol. The summed E-state index contributed by atoms with van der Waals surface area (Å²) >= 11 is 0. The molecule has 0 heterocycles. The molecule has 27 heavy (non-hydrogen) atoms. The summed E-state index contributed by atoms with van der Waals surface area (Å²) in [5.41, 5.74) is 0.